The molecule has 0 aliphatic heterocycles. The molecule has 1 atom stereocenters. The fraction of sp³-hybridized carbons (Fsp3) is 0.538. The highest BCUT2D eigenvalue weighted by molar-refractivity contribution is 9.10. The molecule has 4 heteroatoms. The van der Waals surface area contributed by atoms with Gasteiger partial charge in [-0.2, -0.15) is 0 Å². The molecule has 0 bridgehead atoms. The molecule has 2 nitrogen and oxygen atoms in total. The van der Waals surface area contributed by atoms with E-state index in [0.29, 0.717) is 18.8 Å². The van der Waals surface area contributed by atoms with Crippen molar-refractivity contribution in [1.82, 2.24) is 5.32 Å². The first-order valence-electron chi connectivity index (χ1n) is 5.95. The molecule has 96 valence electrons. The van der Waals surface area contributed by atoms with Crippen LogP contribution in [-0.4, -0.2) is 19.8 Å². The SMILES string of the molecule is CCNC(CCOCC)c1cc(Br)ccc1F. The van der Waals surface area contributed by atoms with Crippen molar-refractivity contribution in [2.75, 3.05) is 19.8 Å². The minimum Gasteiger partial charge on any atom is -0.382 e. The van der Waals surface area contributed by atoms with Gasteiger partial charge in [-0.3, -0.25) is 0 Å². The summed E-state index contributed by atoms with van der Waals surface area (Å²) in [6.45, 7) is 6.12. The molecule has 0 amide bonds. The summed E-state index contributed by atoms with van der Waals surface area (Å²) in [5, 5.41) is 3.29. The second-order valence-corrected chi connectivity index (χ2v) is 4.68. The van der Waals surface area contributed by atoms with Gasteiger partial charge in [-0.15, -0.1) is 0 Å². The largest absolute Gasteiger partial charge is 0.382 e. The molecule has 0 aromatic heterocycles. The van der Waals surface area contributed by atoms with Gasteiger partial charge in [-0.25, -0.2) is 4.39 Å². The van der Waals surface area contributed by atoms with Gasteiger partial charge in [-0.1, -0.05) is 22.9 Å². The van der Waals surface area contributed by atoms with E-state index in [0.717, 1.165) is 17.4 Å². The van der Waals surface area contributed by atoms with Gasteiger partial charge in [-0.05, 0) is 38.1 Å². The first kappa shape index (κ1) is 14.6. The molecule has 1 aromatic rings. The Hall–Kier alpha value is -0.450. The third-order valence-corrected chi connectivity index (χ3v) is 3.03. The maximum atomic E-state index is 13.8. The van der Waals surface area contributed by atoms with E-state index in [1.807, 2.05) is 19.9 Å². The maximum absolute atomic E-state index is 13.8. The molecule has 0 saturated heterocycles. The van der Waals surface area contributed by atoms with Crippen LogP contribution >= 0.6 is 15.9 Å². The first-order valence-corrected chi connectivity index (χ1v) is 6.74. The summed E-state index contributed by atoms with van der Waals surface area (Å²) in [4.78, 5) is 0. The lowest BCUT2D eigenvalue weighted by Crippen LogP contribution is -2.23. The average Bonchev–Trinajstić information content (AvgIpc) is 2.32. The number of nitrogens with one attached hydrogen (secondary N) is 1. The van der Waals surface area contributed by atoms with Crippen molar-refractivity contribution in [1.29, 1.82) is 0 Å². The molecule has 0 fully saturated rings. The Morgan fingerprint density at radius 3 is 2.82 bits per heavy atom. The van der Waals surface area contributed by atoms with Crippen molar-refractivity contribution in [3.8, 4) is 0 Å². The van der Waals surface area contributed by atoms with E-state index in [2.05, 4.69) is 21.2 Å². The van der Waals surface area contributed by atoms with Crippen LogP contribution in [0.2, 0.25) is 0 Å². The Labute approximate surface area is 111 Å². The van der Waals surface area contributed by atoms with Crippen LogP contribution in [0.4, 0.5) is 4.39 Å². The van der Waals surface area contributed by atoms with Crippen LogP contribution in [0.15, 0.2) is 22.7 Å². The molecule has 0 spiro atoms. The minimum absolute atomic E-state index is 0.00375. The second kappa shape index (κ2) is 7.80. The predicted octanol–water partition coefficient (Wildman–Crippen LogP) is 3.67. The fourth-order valence-corrected chi connectivity index (χ4v) is 2.12. The van der Waals surface area contributed by atoms with Gasteiger partial charge in [0, 0.05) is 29.3 Å². The number of ether oxygens (including phenoxy) is 1. The van der Waals surface area contributed by atoms with Gasteiger partial charge in [0.1, 0.15) is 5.82 Å². The molecule has 1 N–H and O–H groups in total. The Bertz CT molecular complexity index is 346. The van der Waals surface area contributed by atoms with E-state index < -0.39 is 0 Å². The number of benzene rings is 1. The molecule has 1 unspecified atom stereocenters. The summed E-state index contributed by atoms with van der Waals surface area (Å²) in [6.07, 6.45) is 0.773. The van der Waals surface area contributed by atoms with E-state index in [-0.39, 0.29) is 11.9 Å². The van der Waals surface area contributed by atoms with E-state index in [9.17, 15) is 4.39 Å². The highest BCUT2D eigenvalue weighted by Gasteiger charge is 2.14. The summed E-state index contributed by atoms with van der Waals surface area (Å²) >= 11 is 3.37. The van der Waals surface area contributed by atoms with Crippen LogP contribution < -0.4 is 5.32 Å². The van der Waals surface area contributed by atoms with Crippen molar-refractivity contribution >= 4 is 15.9 Å². The molecule has 0 aliphatic carbocycles. The minimum atomic E-state index is -0.171. The molecular formula is C13H19BrFNO. The van der Waals surface area contributed by atoms with E-state index in [4.69, 9.17) is 4.74 Å². The molecular weight excluding hydrogens is 285 g/mol. The Morgan fingerprint density at radius 2 is 2.18 bits per heavy atom. The Morgan fingerprint density at radius 1 is 1.41 bits per heavy atom. The first-order chi connectivity index (χ1) is 8.19. The average molecular weight is 304 g/mol. The topological polar surface area (TPSA) is 21.3 Å². The van der Waals surface area contributed by atoms with Crippen LogP contribution in [0.25, 0.3) is 0 Å². The van der Waals surface area contributed by atoms with Crippen LogP contribution in [0, 0.1) is 5.82 Å². The van der Waals surface area contributed by atoms with Gasteiger partial charge >= 0.3 is 0 Å². The monoisotopic (exact) mass is 303 g/mol. The van der Waals surface area contributed by atoms with Crippen molar-refractivity contribution in [3.63, 3.8) is 0 Å². The fourth-order valence-electron chi connectivity index (χ4n) is 1.74. The molecule has 0 aliphatic rings. The smallest absolute Gasteiger partial charge is 0.128 e. The van der Waals surface area contributed by atoms with Gasteiger partial charge in [0.25, 0.3) is 0 Å². The summed E-state index contributed by atoms with van der Waals surface area (Å²) in [5.74, 6) is -0.171. The third-order valence-electron chi connectivity index (χ3n) is 2.54. The molecule has 0 heterocycles. The standard InChI is InChI=1S/C13H19BrFNO/c1-3-16-13(7-8-17-4-2)11-9-10(14)5-6-12(11)15/h5-6,9,13,16H,3-4,7-8H2,1-2H3. The molecule has 0 saturated carbocycles. The lowest BCUT2D eigenvalue weighted by Gasteiger charge is -2.19. The van der Waals surface area contributed by atoms with E-state index >= 15 is 0 Å². The zero-order valence-corrected chi connectivity index (χ0v) is 11.9. The number of hydrogen-bond donors (Lipinski definition) is 1. The normalized spacial score (nSPS) is 12.7. The van der Waals surface area contributed by atoms with Gasteiger partial charge in [0.2, 0.25) is 0 Å². The Balaban J connectivity index is 2.77. The van der Waals surface area contributed by atoms with E-state index in [1.54, 1.807) is 6.07 Å². The molecule has 1 rings (SSSR count). The van der Waals surface area contributed by atoms with Crippen LogP contribution in [0.5, 0.6) is 0 Å². The quantitative estimate of drug-likeness (QED) is 0.776. The molecule has 1 aromatic carbocycles. The number of rotatable bonds is 7. The van der Waals surface area contributed by atoms with Gasteiger partial charge in [0.05, 0.1) is 0 Å². The second-order valence-electron chi connectivity index (χ2n) is 3.76. The number of halogens is 2. The summed E-state index contributed by atoms with van der Waals surface area (Å²) in [7, 11) is 0. The third kappa shape index (κ3) is 4.74. The van der Waals surface area contributed by atoms with Crippen molar-refractivity contribution in [2.45, 2.75) is 26.3 Å². The highest BCUT2D eigenvalue weighted by atomic mass is 79.9. The van der Waals surface area contributed by atoms with Crippen LogP contribution in [-0.2, 0) is 4.74 Å². The lowest BCUT2D eigenvalue weighted by molar-refractivity contribution is 0.136. The van der Waals surface area contributed by atoms with Crippen molar-refractivity contribution in [2.24, 2.45) is 0 Å². The highest BCUT2D eigenvalue weighted by Crippen LogP contribution is 2.24. The number of hydrogen-bond acceptors (Lipinski definition) is 2. The van der Waals surface area contributed by atoms with Crippen LogP contribution in [0.3, 0.4) is 0 Å². The predicted molar refractivity (Wildman–Crippen MR) is 71.6 cm³/mol. The molecule has 0 radical (unpaired) electrons. The van der Waals surface area contributed by atoms with Crippen molar-refractivity contribution < 1.29 is 9.13 Å². The van der Waals surface area contributed by atoms with Gasteiger partial charge < -0.3 is 10.1 Å². The van der Waals surface area contributed by atoms with E-state index in [1.165, 1.54) is 6.07 Å². The zero-order valence-electron chi connectivity index (χ0n) is 10.3. The summed E-state index contributed by atoms with van der Waals surface area (Å²) < 4.78 is 20.0. The zero-order chi connectivity index (χ0) is 12.7. The summed E-state index contributed by atoms with van der Waals surface area (Å²) in [5.41, 5.74) is 0.695. The summed E-state index contributed by atoms with van der Waals surface area (Å²) in [6, 6.07) is 5.03. The maximum Gasteiger partial charge on any atom is 0.128 e. The molecule has 17 heavy (non-hydrogen) atoms. The van der Waals surface area contributed by atoms with Crippen LogP contribution in [0.1, 0.15) is 31.9 Å². The van der Waals surface area contributed by atoms with Gasteiger partial charge in [0.15, 0.2) is 0 Å². The Kier molecular flexibility index (Phi) is 6.70. The van der Waals surface area contributed by atoms with Crippen molar-refractivity contribution in [3.05, 3.63) is 34.1 Å². The lowest BCUT2D eigenvalue weighted by atomic mass is 10.0.